The molecule has 0 aliphatic heterocycles. The van der Waals surface area contributed by atoms with Crippen molar-refractivity contribution in [3.8, 4) is 5.75 Å². The molecule has 25 heavy (non-hydrogen) atoms. The molecule has 2 aromatic rings. The summed E-state index contributed by atoms with van der Waals surface area (Å²) >= 11 is 5.42. The Morgan fingerprint density at radius 2 is 1.76 bits per heavy atom. The number of benzene rings is 2. The molecule has 2 aromatic carbocycles. The van der Waals surface area contributed by atoms with Crippen molar-refractivity contribution in [1.29, 1.82) is 0 Å². The normalized spacial score (nSPS) is 11.8. The second kappa shape index (κ2) is 10.0. The van der Waals surface area contributed by atoms with Crippen molar-refractivity contribution in [1.82, 2.24) is 10.2 Å². The highest BCUT2D eigenvalue weighted by Gasteiger charge is 2.12. The Morgan fingerprint density at radius 1 is 1.08 bits per heavy atom. The SMILES string of the molecule is CCOc1ccc(NC(=S)NC[C@@H](Cc2ccccc2)N(C)C)cc1. The fourth-order valence-electron chi connectivity index (χ4n) is 2.51. The lowest BCUT2D eigenvalue weighted by Crippen LogP contribution is -2.42. The Kier molecular flexibility index (Phi) is 7.70. The van der Waals surface area contributed by atoms with Crippen LogP contribution in [0.25, 0.3) is 0 Å². The molecule has 0 bridgehead atoms. The van der Waals surface area contributed by atoms with E-state index in [9.17, 15) is 0 Å². The van der Waals surface area contributed by atoms with Crippen LogP contribution >= 0.6 is 12.2 Å². The molecule has 0 aromatic heterocycles. The zero-order valence-corrected chi connectivity index (χ0v) is 16.0. The van der Waals surface area contributed by atoms with Crippen LogP contribution in [0.2, 0.25) is 0 Å². The van der Waals surface area contributed by atoms with Gasteiger partial charge in [-0.2, -0.15) is 0 Å². The molecule has 4 nitrogen and oxygen atoms in total. The van der Waals surface area contributed by atoms with Gasteiger partial charge in [0.1, 0.15) is 5.75 Å². The summed E-state index contributed by atoms with van der Waals surface area (Å²) in [6.07, 6.45) is 0.979. The first-order chi connectivity index (χ1) is 12.1. The Labute approximate surface area is 156 Å². The summed E-state index contributed by atoms with van der Waals surface area (Å²) in [6.45, 7) is 3.42. The second-order valence-corrected chi connectivity index (χ2v) is 6.51. The highest BCUT2D eigenvalue weighted by Crippen LogP contribution is 2.15. The van der Waals surface area contributed by atoms with Crippen molar-refractivity contribution in [2.75, 3.05) is 32.6 Å². The lowest BCUT2D eigenvalue weighted by molar-refractivity contribution is 0.291. The van der Waals surface area contributed by atoms with Crippen LogP contribution in [-0.2, 0) is 6.42 Å². The molecule has 1 atom stereocenters. The second-order valence-electron chi connectivity index (χ2n) is 6.10. The van der Waals surface area contributed by atoms with E-state index in [2.05, 4.69) is 53.9 Å². The summed E-state index contributed by atoms with van der Waals surface area (Å²) in [6, 6.07) is 18.7. The van der Waals surface area contributed by atoms with Crippen molar-refractivity contribution in [2.45, 2.75) is 19.4 Å². The molecule has 0 unspecified atom stereocenters. The topological polar surface area (TPSA) is 36.5 Å². The van der Waals surface area contributed by atoms with Crippen LogP contribution in [-0.4, -0.2) is 43.3 Å². The van der Waals surface area contributed by atoms with Gasteiger partial charge in [0.25, 0.3) is 0 Å². The maximum Gasteiger partial charge on any atom is 0.170 e. The van der Waals surface area contributed by atoms with Crippen molar-refractivity contribution in [3.05, 3.63) is 60.2 Å². The van der Waals surface area contributed by atoms with Gasteiger partial charge in [-0.3, -0.25) is 0 Å². The van der Waals surface area contributed by atoms with Gasteiger partial charge in [0.15, 0.2) is 5.11 Å². The minimum absolute atomic E-state index is 0.363. The first kappa shape index (κ1) is 19.2. The third-order valence-corrected chi connectivity index (χ3v) is 4.21. The molecule has 0 amide bonds. The van der Waals surface area contributed by atoms with Crippen LogP contribution in [0.4, 0.5) is 5.69 Å². The number of hydrogen-bond acceptors (Lipinski definition) is 3. The van der Waals surface area contributed by atoms with E-state index in [0.29, 0.717) is 17.8 Å². The van der Waals surface area contributed by atoms with Gasteiger partial charge in [-0.15, -0.1) is 0 Å². The summed E-state index contributed by atoms with van der Waals surface area (Å²) in [5.74, 6) is 0.863. The molecule has 0 radical (unpaired) electrons. The minimum Gasteiger partial charge on any atom is -0.494 e. The number of anilines is 1. The minimum atomic E-state index is 0.363. The monoisotopic (exact) mass is 357 g/mol. The molecule has 134 valence electrons. The summed E-state index contributed by atoms with van der Waals surface area (Å²) in [7, 11) is 4.19. The zero-order chi connectivity index (χ0) is 18.1. The zero-order valence-electron chi connectivity index (χ0n) is 15.2. The molecule has 0 aliphatic carbocycles. The van der Waals surface area contributed by atoms with E-state index >= 15 is 0 Å². The molecular weight excluding hydrogens is 330 g/mol. The lowest BCUT2D eigenvalue weighted by atomic mass is 10.1. The molecular formula is C20H27N3OS. The smallest absolute Gasteiger partial charge is 0.170 e. The van der Waals surface area contributed by atoms with Crippen LogP contribution in [0.1, 0.15) is 12.5 Å². The van der Waals surface area contributed by atoms with Gasteiger partial charge in [0.05, 0.1) is 6.61 Å². The number of thiocarbonyl (C=S) groups is 1. The fourth-order valence-corrected chi connectivity index (χ4v) is 2.71. The first-order valence-electron chi connectivity index (χ1n) is 8.56. The van der Waals surface area contributed by atoms with Gasteiger partial charge in [0, 0.05) is 18.3 Å². The van der Waals surface area contributed by atoms with Crippen molar-refractivity contribution in [2.24, 2.45) is 0 Å². The van der Waals surface area contributed by atoms with E-state index in [1.165, 1.54) is 5.56 Å². The number of nitrogens with zero attached hydrogens (tertiary/aromatic N) is 1. The Morgan fingerprint density at radius 3 is 2.36 bits per heavy atom. The first-order valence-corrected chi connectivity index (χ1v) is 8.97. The largest absolute Gasteiger partial charge is 0.494 e. The van der Waals surface area contributed by atoms with E-state index in [1.54, 1.807) is 0 Å². The number of nitrogens with one attached hydrogen (secondary N) is 2. The Hall–Kier alpha value is -2.11. The van der Waals surface area contributed by atoms with Gasteiger partial charge < -0.3 is 20.3 Å². The lowest BCUT2D eigenvalue weighted by Gasteiger charge is -2.25. The quantitative estimate of drug-likeness (QED) is 0.707. The van der Waals surface area contributed by atoms with E-state index < -0.39 is 0 Å². The molecule has 0 spiro atoms. The standard InChI is InChI=1S/C20H27N3OS/c1-4-24-19-12-10-17(11-13-19)22-20(25)21-15-18(23(2)3)14-16-8-6-5-7-9-16/h5-13,18H,4,14-15H2,1-3H3,(H2,21,22,25)/t18-/m1/s1. The van der Waals surface area contributed by atoms with Gasteiger partial charge >= 0.3 is 0 Å². The number of likely N-dealkylation sites (N-methyl/N-ethyl adjacent to an activating group) is 1. The Bertz CT molecular complexity index is 644. The number of hydrogen-bond donors (Lipinski definition) is 2. The maximum atomic E-state index is 5.45. The van der Waals surface area contributed by atoms with E-state index in [-0.39, 0.29) is 0 Å². The van der Waals surface area contributed by atoms with Crippen molar-refractivity contribution < 1.29 is 4.74 Å². The fraction of sp³-hybridized carbons (Fsp3) is 0.350. The molecule has 0 heterocycles. The van der Waals surface area contributed by atoms with Crippen LogP contribution in [0, 0.1) is 0 Å². The molecule has 0 saturated heterocycles. The van der Waals surface area contributed by atoms with Crippen LogP contribution in [0.15, 0.2) is 54.6 Å². The average Bonchev–Trinajstić information content (AvgIpc) is 2.61. The van der Waals surface area contributed by atoms with Crippen molar-refractivity contribution in [3.63, 3.8) is 0 Å². The maximum absolute atomic E-state index is 5.45. The Balaban J connectivity index is 1.84. The molecule has 2 rings (SSSR count). The van der Waals surface area contributed by atoms with E-state index in [1.807, 2.05) is 37.3 Å². The van der Waals surface area contributed by atoms with E-state index in [0.717, 1.165) is 24.4 Å². The summed E-state index contributed by atoms with van der Waals surface area (Å²) < 4.78 is 5.45. The highest BCUT2D eigenvalue weighted by molar-refractivity contribution is 7.80. The van der Waals surface area contributed by atoms with Crippen molar-refractivity contribution >= 4 is 23.0 Å². The number of ether oxygens (including phenoxy) is 1. The van der Waals surface area contributed by atoms with Crippen LogP contribution in [0.5, 0.6) is 5.75 Å². The molecule has 2 N–H and O–H groups in total. The number of rotatable bonds is 8. The molecule has 0 saturated carbocycles. The molecule has 5 heteroatoms. The molecule has 0 aliphatic rings. The van der Waals surface area contributed by atoms with Crippen LogP contribution in [0.3, 0.4) is 0 Å². The van der Waals surface area contributed by atoms with Gasteiger partial charge in [-0.05, 0) is 69.5 Å². The third-order valence-electron chi connectivity index (χ3n) is 3.97. The third kappa shape index (κ3) is 6.72. The van der Waals surface area contributed by atoms with Gasteiger partial charge in [-0.1, -0.05) is 30.3 Å². The van der Waals surface area contributed by atoms with Gasteiger partial charge in [-0.25, -0.2) is 0 Å². The summed E-state index contributed by atoms with van der Waals surface area (Å²) in [4.78, 5) is 2.22. The van der Waals surface area contributed by atoms with E-state index in [4.69, 9.17) is 17.0 Å². The molecule has 0 fully saturated rings. The predicted molar refractivity (Wildman–Crippen MR) is 109 cm³/mol. The van der Waals surface area contributed by atoms with Gasteiger partial charge in [0.2, 0.25) is 0 Å². The highest BCUT2D eigenvalue weighted by atomic mass is 32.1. The van der Waals surface area contributed by atoms with Crippen LogP contribution < -0.4 is 15.4 Å². The predicted octanol–water partition coefficient (Wildman–Crippen LogP) is 3.54. The summed E-state index contributed by atoms with van der Waals surface area (Å²) in [5, 5.41) is 7.16. The average molecular weight is 358 g/mol. The summed E-state index contributed by atoms with van der Waals surface area (Å²) in [5.41, 5.74) is 2.28.